The summed E-state index contributed by atoms with van der Waals surface area (Å²) in [5.74, 6) is -8.87. The first kappa shape index (κ1) is 73.9. The van der Waals surface area contributed by atoms with Gasteiger partial charge >= 0.3 is 54.0 Å². The number of amides is 3. The minimum atomic E-state index is -2.17. The molecule has 1 saturated carbocycles. The molecule has 3 N–H and O–H groups in total. The number of esters is 7. The number of carbonyl (C=O) groups is 10. The smallest absolute Gasteiger partial charge is 0.414 e. The summed E-state index contributed by atoms with van der Waals surface area (Å²) in [6, 6.07) is 9.38. The van der Waals surface area contributed by atoms with Crippen LogP contribution in [0, 0.1) is 0 Å². The minimum Gasteiger partial charge on any atom is -0.460 e. The molecule has 3 amide bonds. The summed E-state index contributed by atoms with van der Waals surface area (Å²) >= 11 is 0. The number of ether oxygens (including phenoxy) is 13. The van der Waals surface area contributed by atoms with Crippen molar-refractivity contribution in [1.29, 1.82) is 0 Å². The molecule has 5 unspecified atom stereocenters. The number of azide groups is 3. The first-order valence-electron chi connectivity index (χ1n) is 28.8. The van der Waals surface area contributed by atoms with Crippen LogP contribution in [0.25, 0.3) is 31.3 Å². The van der Waals surface area contributed by atoms with E-state index in [1.165, 1.54) is 55.5 Å². The molecular formula is C57H73N13O23. The van der Waals surface area contributed by atoms with Crippen LogP contribution in [0.1, 0.15) is 117 Å². The van der Waals surface area contributed by atoms with Gasteiger partial charge in [-0.1, -0.05) is 51.7 Å². The molecule has 504 valence electrons. The third-order valence-electron chi connectivity index (χ3n) is 13.1. The molecular weight excluding hydrogens is 1230 g/mol. The van der Waals surface area contributed by atoms with Crippen molar-refractivity contribution in [2.75, 3.05) is 13.1 Å². The fourth-order valence-corrected chi connectivity index (χ4v) is 9.74. The number of rotatable bonds is 23. The molecule has 93 heavy (non-hydrogen) atoms. The summed E-state index contributed by atoms with van der Waals surface area (Å²) in [6.07, 6.45) is -27.7. The molecule has 1 aliphatic carbocycles. The summed E-state index contributed by atoms with van der Waals surface area (Å²) in [7, 11) is 0. The summed E-state index contributed by atoms with van der Waals surface area (Å²) in [4.78, 5) is 147. The van der Waals surface area contributed by atoms with E-state index in [1.54, 1.807) is 53.7 Å². The number of benzene rings is 2. The maximum atomic E-state index is 14.5. The lowest BCUT2D eigenvalue weighted by Gasteiger charge is -2.49. The van der Waals surface area contributed by atoms with Gasteiger partial charge in [0.2, 0.25) is 5.96 Å². The Bertz CT molecular complexity index is 3170. The van der Waals surface area contributed by atoms with E-state index in [-0.39, 0.29) is 17.7 Å². The van der Waals surface area contributed by atoms with Crippen molar-refractivity contribution in [3.8, 4) is 0 Å². The zero-order valence-electron chi connectivity index (χ0n) is 52.7. The van der Waals surface area contributed by atoms with Crippen LogP contribution in [0.5, 0.6) is 0 Å². The van der Waals surface area contributed by atoms with Crippen molar-refractivity contribution in [3.05, 3.63) is 103 Å². The third-order valence-corrected chi connectivity index (χ3v) is 13.1. The standard InChI is InChI=1S/C57H73N13O23/c1-27(81-28(2)71)40-45(85-32(6)75)44(84-31(5)74)39(67-70-60)51(89-40)90-42-36(66-69-59)25-35(63-48(76)37(82-29(3)72)23-24-62-68-58)41(83-30(4)73)46(42)91-52-47(88-50(78)34-21-17-14-18-22-34)43(87-49(77)33-19-15-13-16-20-33)38(86-52)26-61-53(64-54(79)92-56(7,8)9)65-55(80)93-57(10,11)12/h13-22,27,35-47,51-52H,23-26H2,1-12H3,(H,63,76)(H2,61,64,65,79,80)/t27-,35-,36?,37+,38-,39?,40?,41-,42-,43?,44-,45-,46?,47+,51-,52+/m1/s1. The first-order chi connectivity index (χ1) is 43.8. The van der Waals surface area contributed by atoms with Crippen molar-refractivity contribution in [1.82, 2.24) is 16.0 Å². The SMILES string of the molecule is CC(=O)O[C@@H](CCN=[N+]=[N-])C(=O)N[C@@H]1CC(N=[N+]=[N-])[C@@H](O[C@H]2OC([C@@H](C)OC(C)=O)[C@@H](OC(C)=O)[C@H](OC(C)=O)C2N=[N+]=[N-])C(O[C@@H]2O[C@H](CN=C(NC(=O)OC(C)(C)C)NC(=O)OC(C)(C)C)C(OC(=O)c3ccccc3)[C@@H]2OC(=O)c2ccccc2)[C@@H]1OC(C)=O. The lowest BCUT2D eigenvalue weighted by molar-refractivity contribution is -0.318. The lowest BCUT2D eigenvalue weighted by atomic mass is 9.83. The topological polar surface area (TPSA) is 485 Å². The van der Waals surface area contributed by atoms with Crippen LogP contribution in [0.4, 0.5) is 9.59 Å². The Kier molecular flexibility index (Phi) is 27.0. The van der Waals surface area contributed by atoms with Crippen molar-refractivity contribution in [2.24, 2.45) is 20.3 Å². The van der Waals surface area contributed by atoms with Crippen LogP contribution >= 0.6 is 0 Å². The fourth-order valence-electron chi connectivity index (χ4n) is 9.74. The molecule has 2 heterocycles. The molecule has 2 aromatic carbocycles. The molecule has 2 saturated heterocycles. The molecule has 3 aliphatic rings. The van der Waals surface area contributed by atoms with Gasteiger partial charge in [-0.2, -0.15) is 0 Å². The molecule has 36 heteroatoms. The van der Waals surface area contributed by atoms with E-state index in [0.29, 0.717) is 0 Å². The maximum absolute atomic E-state index is 14.5. The van der Waals surface area contributed by atoms with Gasteiger partial charge in [-0.15, -0.1) is 0 Å². The highest BCUT2D eigenvalue weighted by Gasteiger charge is 2.59. The predicted octanol–water partition coefficient (Wildman–Crippen LogP) is 5.69. The van der Waals surface area contributed by atoms with Crippen molar-refractivity contribution in [3.63, 3.8) is 0 Å². The highest BCUT2D eigenvalue weighted by Crippen LogP contribution is 2.40. The van der Waals surface area contributed by atoms with Gasteiger partial charge in [0, 0.05) is 55.9 Å². The van der Waals surface area contributed by atoms with Crippen molar-refractivity contribution >= 4 is 65.8 Å². The van der Waals surface area contributed by atoms with E-state index in [4.69, 9.17) is 67.1 Å². The molecule has 0 spiro atoms. The van der Waals surface area contributed by atoms with Crippen molar-refractivity contribution < 1.29 is 110 Å². The van der Waals surface area contributed by atoms with E-state index in [9.17, 15) is 59.0 Å². The van der Waals surface area contributed by atoms with Gasteiger partial charge in [0.25, 0.3) is 5.91 Å². The number of hydrogen-bond acceptors (Lipinski definition) is 27. The Hall–Kier alpha value is -9.82. The number of alkyl carbamates (subject to hydrolysis) is 2. The average molecular weight is 1310 g/mol. The Labute approximate surface area is 531 Å². The molecule has 2 aromatic rings. The second kappa shape index (κ2) is 34.0. The number of carbonyl (C=O) groups excluding carboxylic acids is 10. The molecule has 0 bridgehead atoms. The van der Waals surface area contributed by atoms with Gasteiger partial charge in [0.1, 0.15) is 41.7 Å². The normalized spacial score (nSPS) is 25.4. The molecule has 0 aromatic heterocycles. The van der Waals surface area contributed by atoms with E-state index in [2.05, 4.69) is 51.0 Å². The number of guanidine groups is 1. The van der Waals surface area contributed by atoms with Gasteiger partial charge in [-0.05, 0) is 102 Å². The van der Waals surface area contributed by atoms with Crippen molar-refractivity contribution in [2.45, 2.75) is 205 Å². The van der Waals surface area contributed by atoms with Crippen LogP contribution in [-0.4, -0.2) is 188 Å². The monoisotopic (exact) mass is 1310 g/mol. The van der Waals surface area contributed by atoms with Crippen LogP contribution in [0.2, 0.25) is 0 Å². The lowest BCUT2D eigenvalue weighted by Crippen LogP contribution is -2.67. The number of nitrogens with zero attached hydrogens (tertiary/aromatic N) is 10. The number of nitrogens with one attached hydrogen (secondary N) is 3. The average Bonchev–Trinajstić information content (AvgIpc) is 1.66. The Morgan fingerprint density at radius 1 is 0.581 bits per heavy atom. The van der Waals surface area contributed by atoms with Gasteiger partial charge in [0.15, 0.2) is 49.2 Å². The van der Waals surface area contributed by atoms with Gasteiger partial charge in [-0.25, -0.2) is 24.2 Å². The maximum Gasteiger partial charge on any atom is 0.414 e. The molecule has 3 fully saturated rings. The number of aliphatic imine (C=N–C) groups is 1. The first-order valence-corrected chi connectivity index (χ1v) is 28.8. The van der Waals surface area contributed by atoms with Crippen LogP contribution in [0.15, 0.2) is 81.0 Å². The molecule has 2 aliphatic heterocycles. The summed E-state index contributed by atoms with van der Waals surface area (Å²) in [5, 5.41) is 18.5. The van der Waals surface area contributed by atoms with Crippen LogP contribution in [0.3, 0.4) is 0 Å². The zero-order chi connectivity index (χ0) is 68.9. The highest BCUT2D eigenvalue weighted by molar-refractivity contribution is 6.01. The van der Waals surface area contributed by atoms with Gasteiger partial charge < -0.3 is 66.9 Å². The minimum absolute atomic E-state index is 0.0551. The Balaban J connectivity index is 1.83. The predicted molar refractivity (Wildman–Crippen MR) is 314 cm³/mol. The molecule has 5 rings (SSSR count). The number of hydrogen-bond donors (Lipinski definition) is 3. The Morgan fingerprint density at radius 3 is 1.58 bits per heavy atom. The second-order valence-corrected chi connectivity index (χ2v) is 22.8. The Morgan fingerprint density at radius 2 is 1.09 bits per heavy atom. The fraction of sp³-hybridized carbons (Fsp3) is 0.596. The van der Waals surface area contributed by atoms with E-state index in [0.717, 1.165) is 34.6 Å². The van der Waals surface area contributed by atoms with Crippen LogP contribution in [-0.2, 0) is 90.3 Å². The summed E-state index contributed by atoms with van der Waals surface area (Å²) in [5.41, 5.74) is 27.2. The molecule has 0 radical (unpaired) electrons. The van der Waals surface area contributed by atoms with E-state index >= 15 is 0 Å². The summed E-state index contributed by atoms with van der Waals surface area (Å²) in [6.45, 7) is 14.4. The highest BCUT2D eigenvalue weighted by atomic mass is 16.8. The van der Waals surface area contributed by atoms with Gasteiger partial charge in [0.05, 0.1) is 35.9 Å². The van der Waals surface area contributed by atoms with Crippen LogP contribution < -0.4 is 16.0 Å². The zero-order valence-corrected chi connectivity index (χ0v) is 52.7. The van der Waals surface area contributed by atoms with E-state index < -0.39 is 194 Å². The van der Waals surface area contributed by atoms with Gasteiger partial charge in [-0.3, -0.25) is 39.4 Å². The largest absolute Gasteiger partial charge is 0.460 e. The molecule has 36 nitrogen and oxygen atoms in total. The van der Waals surface area contributed by atoms with E-state index in [1.807, 2.05) is 0 Å². The quantitative estimate of drug-likeness (QED) is 0.0229. The second-order valence-electron chi connectivity index (χ2n) is 22.8. The molecule has 16 atom stereocenters. The third kappa shape index (κ3) is 22.8. The summed E-state index contributed by atoms with van der Waals surface area (Å²) < 4.78 is 77.7.